The van der Waals surface area contributed by atoms with Gasteiger partial charge in [0.25, 0.3) is 5.91 Å². The lowest BCUT2D eigenvalue weighted by molar-refractivity contribution is -0.139. The Morgan fingerprint density at radius 2 is 1.61 bits per heavy atom. The molecule has 2 aromatic rings. The normalized spacial score (nSPS) is 17.5. The van der Waals surface area contributed by atoms with E-state index in [2.05, 4.69) is 4.98 Å². The number of halogens is 3. The summed E-state index contributed by atoms with van der Waals surface area (Å²) in [4.78, 5) is 45.3. The number of hydrogen-bond donors (Lipinski definition) is 0. The van der Waals surface area contributed by atoms with Gasteiger partial charge in [0.2, 0.25) is 11.8 Å². The third-order valence-electron chi connectivity index (χ3n) is 5.88. The van der Waals surface area contributed by atoms with E-state index in [4.69, 9.17) is 0 Å². The Bertz CT molecular complexity index is 1020. The van der Waals surface area contributed by atoms with Crippen LogP contribution in [0.3, 0.4) is 0 Å². The van der Waals surface area contributed by atoms with E-state index in [0.29, 0.717) is 44.0 Å². The molecule has 33 heavy (non-hydrogen) atoms. The number of anilines is 1. The quantitative estimate of drug-likeness (QED) is 0.656. The Kier molecular flexibility index (Phi) is 6.35. The van der Waals surface area contributed by atoms with Crippen LogP contribution in [0, 0.1) is 0 Å². The Balaban J connectivity index is 1.36. The SMILES string of the molecule is O=C(c1ccc(CN2C(=O)CCC2=O)cc1)N1CCCN(c2ccc(C(F)(F)F)cn2)CC1. The molecule has 2 aliphatic heterocycles. The second kappa shape index (κ2) is 9.21. The second-order valence-electron chi connectivity index (χ2n) is 8.11. The standard InChI is InChI=1S/C23H23F3N4O3/c24-23(25,26)18-6-7-19(27-14-18)28-10-1-11-29(13-12-28)22(33)17-4-2-16(3-5-17)15-30-20(31)8-9-21(30)32/h2-7,14H,1,8-13,15H2. The first-order valence-corrected chi connectivity index (χ1v) is 10.7. The summed E-state index contributed by atoms with van der Waals surface area (Å²) in [5.41, 5.74) is 0.476. The molecule has 0 radical (unpaired) electrons. The van der Waals surface area contributed by atoms with Gasteiger partial charge in [-0.3, -0.25) is 19.3 Å². The van der Waals surface area contributed by atoms with E-state index in [0.717, 1.165) is 17.8 Å². The van der Waals surface area contributed by atoms with Crippen molar-refractivity contribution >= 4 is 23.5 Å². The molecule has 3 amide bonds. The first kappa shape index (κ1) is 22.8. The zero-order valence-corrected chi connectivity index (χ0v) is 17.8. The van der Waals surface area contributed by atoms with Crippen LogP contribution in [0.2, 0.25) is 0 Å². The number of pyridine rings is 1. The molecule has 1 aromatic heterocycles. The number of rotatable bonds is 4. The molecule has 0 N–H and O–H groups in total. The lowest BCUT2D eigenvalue weighted by Crippen LogP contribution is -2.35. The fraction of sp³-hybridized carbons (Fsp3) is 0.391. The van der Waals surface area contributed by atoms with E-state index in [1.54, 1.807) is 29.2 Å². The summed E-state index contributed by atoms with van der Waals surface area (Å²) in [6, 6.07) is 9.21. The van der Waals surface area contributed by atoms with E-state index >= 15 is 0 Å². The van der Waals surface area contributed by atoms with Crippen LogP contribution in [-0.4, -0.2) is 58.7 Å². The van der Waals surface area contributed by atoms with E-state index in [9.17, 15) is 27.6 Å². The van der Waals surface area contributed by atoms with Gasteiger partial charge in [-0.1, -0.05) is 12.1 Å². The number of carbonyl (C=O) groups is 3. The summed E-state index contributed by atoms with van der Waals surface area (Å²) in [5, 5.41) is 0. The van der Waals surface area contributed by atoms with Crippen LogP contribution in [0.15, 0.2) is 42.6 Å². The smallest absolute Gasteiger partial charge is 0.355 e. The Morgan fingerprint density at radius 1 is 0.909 bits per heavy atom. The molecule has 0 saturated carbocycles. The van der Waals surface area contributed by atoms with Crippen LogP contribution < -0.4 is 4.90 Å². The molecule has 0 atom stereocenters. The van der Waals surface area contributed by atoms with E-state index in [1.807, 2.05) is 4.90 Å². The van der Waals surface area contributed by atoms with Crippen molar-refractivity contribution in [2.45, 2.75) is 32.0 Å². The fourth-order valence-corrected chi connectivity index (χ4v) is 4.01. The number of nitrogens with zero attached hydrogens (tertiary/aromatic N) is 4. The minimum absolute atomic E-state index is 0.142. The van der Waals surface area contributed by atoms with Crippen LogP contribution in [0.25, 0.3) is 0 Å². The van der Waals surface area contributed by atoms with Gasteiger partial charge >= 0.3 is 6.18 Å². The molecule has 10 heteroatoms. The summed E-state index contributed by atoms with van der Waals surface area (Å²) >= 11 is 0. The minimum atomic E-state index is -4.43. The Morgan fingerprint density at radius 3 is 2.21 bits per heavy atom. The molecular formula is C23H23F3N4O3. The predicted molar refractivity (Wildman–Crippen MR) is 113 cm³/mol. The van der Waals surface area contributed by atoms with Crippen molar-refractivity contribution in [1.29, 1.82) is 0 Å². The summed E-state index contributed by atoms with van der Waals surface area (Å²) in [6.45, 7) is 2.18. The number of benzene rings is 1. The number of hydrogen-bond acceptors (Lipinski definition) is 5. The zero-order chi connectivity index (χ0) is 23.6. The largest absolute Gasteiger partial charge is 0.417 e. The molecule has 4 rings (SSSR count). The lowest BCUT2D eigenvalue weighted by Gasteiger charge is -2.23. The molecule has 3 heterocycles. The molecular weight excluding hydrogens is 437 g/mol. The first-order chi connectivity index (χ1) is 15.7. The number of aromatic nitrogens is 1. The molecule has 7 nitrogen and oxygen atoms in total. The maximum atomic E-state index is 13.0. The van der Waals surface area contributed by atoms with Gasteiger partial charge in [0.05, 0.1) is 12.1 Å². The highest BCUT2D eigenvalue weighted by Crippen LogP contribution is 2.29. The second-order valence-corrected chi connectivity index (χ2v) is 8.11. The van der Waals surface area contributed by atoms with E-state index in [1.165, 1.54) is 11.0 Å². The van der Waals surface area contributed by atoms with Gasteiger partial charge in [-0.05, 0) is 36.2 Å². The molecule has 174 valence electrons. The molecule has 0 aliphatic carbocycles. The summed E-state index contributed by atoms with van der Waals surface area (Å²) in [7, 11) is 0. The van der Waals surface area contributed by atoms with Gasteiger partial charge in [-0.2, -0.15) is 13.2 Å². The number of carbonyl (C=O) groups excluding carboxylic acids is 3. The molecule has 2 saturated heterocycles. The number of amides is 3. The van der Waals surface area contributed by atoms with Crippen LogP contribution in [0.4, 0.5) is 19.0 Å². The monoisotopic (exact) mass is 460 g/mol. The molecule has 0 spiro atoms. The lowest BCUT2D eigenvalue weighted by atomic mass is 10.1. The number of imide groups is 1. The van der Waals surface area contributed by atoms with Crippen LogP contribution in [0.1, 0.15) is 40.7 Å². The van der Waals surface area contributed by atoms with Crippen molar-refractivity contribution in [3.05, 3.63) is 59.3 Å². The average molecular weight is 460 g/mol. The predicted octanol–water partition coefficient (Wildman–Crippen LogP) is 3.10. The van der Waals surface area contributed by atoms with E-state index < -0.39 is 11.7 Å². The molecule has 2 aliphatic rings. The van der Waals surface area contributed by atoms with E-state index in [-0.39, 0.29) is 37.1 Å². The van der Waals surface area contributed by atoms with Gasteiger partial charge in [0.15, 0.2) is 0 Å². The van der Waals surface area contributed by atoms with Crippen molar-refractivity contribution in [2.24, 2.45) is 0 Å². The Labute approximate surface area is 188 Å². The highest BCUT2D eigenvalue weighted by molar-refractivity contribution is 6.01. The fourth-order valence-electron chi connectivity index (χ4n) is 4.01. The van der Waals surface area contributed by atoms with Crippen molar-refractivity contribution in [1.82, 2.24) is 14.8 Å². The number of alkyl halides is 3. The van der Waals surface area contributed by atoms with Crippen LogP contribution in [-0.2, 0) is 22.3 Å². The van der Waals surface area contributed by atoms with Crippen molar-refractivity contribution in [2.75, 3.05) is 31.1 Å². The van der Waals surface area contributed by atoms with Crippen molar-refractivity contribution in [3.63, 3.8) is 0 Å². The first-order valence-electron chi connectivity index (χ1n) is 10.7. The average Bonchev–Trinajstić information content (AvgIpc) is 2.99. The van der Waals surface area contributed by atoms with Crippen molar-refractivity contribution in [3.8, 4) is 0 Å². The van der Waals surface area contributed by atoms with Crippen molar-refractivity contribution < 1.29 is 27.6 Å². The van der Waals surface area contributed by atoms with Gasteiger partial charge in [0.1, 0.15) is 5.82 Å². The third-order valence-corrected chi connectivity index (χ3v) is 5.88. The van der Waals surface area contributed by atoms with Crippen LogP contribution >= 0.6 is 0 Å². The maximum Gasteiger partial charge on any atom is 0.417 e. The minimum Gasteiger partial charge on any atom is -0.355 e. The summed E-state index contributed by atoms with van der Waals surface area (Å²) in [5.74, 6) is -0.0571. The molecule has 1 aromatic carbocycles. The van der Waals surface area contributed by atoms with Gasteiger partial charge in [-0.15, -0.1) is 0 Å². The number of likely N-dealkylation sites (tertiary alicyclic amines) is 1. The highest BCUT2D eigenvalue weighted by atomic mass is 19.4. The van der Waals surface area contributed by atoms with Gasteiger partial charge < -0.3 is 9.80 Å². The highest BCUT2D eigenvalue weighted by Gasteiger charge is 2.31. The van der Waals surface area contributed by atoms with Gasteiger partial charge in [-0.25, -0.2) is 4.98 Å². The Hall–Kier alpha value is -3.43. The third kappa shape index (κ3) is 5.15. The summed E-state index contributed by atoms with van der Waals surface area (Å²) in [6.07, 6.45) is -2.46. The zero-order valence-electron chi connectivity index (χ0n) is 17.8. The molecule has 0 unspecified atom stereocenters. The molecule has 2 fully saturated rings. The summed E-state index contributed by atoms with van der Waals surface area (Å²) < 4.78 is 38.3. The molecule has 0 bridgehead atoms. The maximum absolute atomic E-state index is 13.0. The van der Waals surface area contributed by atoms with Gasteiger partial charge in [0, 0.05) is 50.8 Å². The van der Waals surface area contributed by atoms with Crippen LogP contribution in [0.5, 0.6) is 0 Å². The topological polar surface area (TPSA) is 73.8 Å².